The Kier molecular flexibility index (Phi) is 4.72. The number of carbonyl (C=O) groups excluding carboxylic acids is 1. The van der Waals surface area contributed by atoms with Crippen molar-refractivity contribution in [3.05, 3.63) is 22.0 Å². The molecule has 5 rings (SSSR count). The van der Waals surface area contributed by atoms with Crippen LogP contribution in [0.2, 0.25) is 0 Å². The summed E-state index contributed by atoms with van der Waals surface area (Å²) in [6.07, 6.45) is 10.6. The van der Waals surface area contributed by atoms with E-state index in [1.54, 1.807) is 11.6 Å². The maximum absolute atomic E-state index is 12.6. The summed E-state index contributed by atoms with van der Waals surface area (Å²) in [7, 11) is 0. The molecule has 27 heavy (non-hydrogen) atoms. The average Bonchev–Trinajstić information content (AvgIpc) is 2.97. The number of hydrogen-bond donors (Lipinski definition) is 1. The number of nitro groups is 1. The zero-order valence-corrected chi connectivity index (χ0v) is 16.3. The molecule has 0 spiro atoms. The van der Waals surface area contributed by atoms with E-state index in [1.807, 2.05) is 0 Å². The van der Waals surface area contributed by atoms with Crippen molar-refractivity contribution in [1.29, 1.82) is 0 Å². The smallest absolute Gasteiger partial charge is 0.309 e. The minimum atomic E-state index is -0.431. The lowest BCUT2D eigenvalue weighted by atomic mass is 9.47. The van der Waals surface area contributed by atoms with Gasteiger partial charge in [-0.2, -0.15) is 5.10 Å². The van der Waals surface area contributed by atoms with Crippen LogP contribution < -0.4 is 5.32 Å². The molecule has 1 N–H and O–H groups in total. The molecule has 1 atom stereocenters. The highest BCUT2D eigenvalue weighted by Crippen LogP contribution is 2.61. The van der Waals surface area contributed by atoms with E-state index in [-0.39, 0.29) is 17.6 Å². The van der Waals surface area contributed by atoms with E-state index in [0.29, 0.717) is 24.1 Å². The Labute approximate surface area is 160 Å². The van der Waals surface area contributed by atoms with E-state index in [1.165, 1.54) is 44.7 Å². The predicted octanol–water partition coefficient (Wildman–Crippen LogP) is 3.60. The minimum absolute atomic E-state index is 0.00964. The highest BCUT2D eigenvalue weighted by Gasteiger charge is 2.53. The first-order valence-electron chi connectivity index (χ1n) is 10.4. The Morgan fingerprint density at radius 1 is 1.33 bits per heavy atom. The fourth-order valence-corrected chi connectivity index (χ4v) is 6.61. The first-order valence-corrected chi connectivity index (χ1v) is 10.4. The van der Waals surface area contributed by atoms with Crippen LogP contribution in [0.4, 0.5) is 5.69 Å². The average molecular weight is 374 g/mol. The van der Waals surface area contributed by atoms with E-state index in [4.69, 9.17) is 0 Å². The van der Waals surface area contributed by atoms with E-state index in [0.717, 1.165) is 24.2 Å². The van der Waals surface area contributed by atoms with Crippen LogP contribution in [0.15, 0.2) is 6.20 Å². The quantitative estimate of drug-likeness (QED) is 0.583. The van der Waals surface area contributed by atoms with Gasteiger partial charge >= 0.3 is 5.69 Å². The van der Waals surface area contributed by atoms with Crippen molar-refractivity contribution in [2.24, 2.45) is 23.2 Å². The number of amides is 1. The van der Waals surface area contributed by atoms with Gasteiger partial charge in [-0.1, -0.05) is 6.92 Å². The first kappa shape index (κ1) is 18.4. The second kappa shape index (κ2) is 6.91. The van der Waals surface area contributed by atoms with Gasteiger partial charge < -0.3 is 5.32 Å². The van der Waals surface area contributed by atoms with Crippen molar-refractivity contribution in [1.82, 2.24) is 15.1 Å². The summed E-state index contributed by atoms with van der Waals surface area (Å²) in [4.78, 5) is 23.1. The van der Waals surface area contributed by atoms with Gasteiger partial charge in [-0.25, -0.2) is 0 Å². The van der Waals surface area contributed by atoms with Crippen LogP contribution in [-0.4, -0.2) is 26.7 Å². The van der Waals surface area contributed by atoms with Crippen molar-refractivity contribution in [2.75, 3.05) is 0 Å². The molecule has 4 saturated carbocycles. The molecule has 1 aromatic rings. The van der Waals surface area contributed by atoms with E-state index < -0.39 is 4.92 Å². The Morgan fingerprint density at radius 2 is 1.93 bits per heavy atom. The van der Waals surface area contributed by atoms with Crippen LogP contribution in [-0.2, 0) is 11.3 Å². The third-order valence-electron chi connectivity index (χ3n) is 7.39. The SMILES string of the molecule is CC[C@H](NC(=O)CCn1ncc([N+](=O)[O-])c1C)C12CC3CC(CC(C3)C1)C2. The number of rotatable bonds is 7. The van der Waals surface area contributed by atoms with Crippen LogP contribution in [0.3, 0.4) is 0 Å². The second-order valence-corrected chi connectivity index (χ2v) is 9.15. The van der Waals surface area contributed by atoms with Crippen molar-refractivity contribution in [2.45, 2.75) is 77.8 Å². The molecule has 4 fully saturated rings. The lowest BCUT2D eigenvalue weighted by molar-refractivity contribution is -0.385. The molecular weight excluding hydrogens is 344 g/mol. The van der Waals surface area contributed by atoms with Crippen LogP contribution >= 0.6 is 0 Å². The van der Waals surface area contributed by atoms with Crippen molar-refractivity contribution in [3.63, 3.8) is 0 Å². The van der Waals surface area contributed by atoms with Gasteiger partial charge in [0.05, 0.1) is 11.5 Å². The van der Waals surface area contributed by atoms with E-state index in [9.17, 15) is 14.9 Å². The zero-order valence-electron chi connectivity index (χ0n) is 16.3. The van der Waals surface area contributed by atoms with Crippen molar-refractivity contribution in [3.8, 4) is 0 Å². The molecule has 4 aliphatic rings. The Bertz CT molecular complexity index is 706. The summed E-state index contributed by atoms with van der Waals surface area (Å²) in [5.41, 5.74) is 0.816. The van der Waals surface area contributed by atoms with Gasteiger partial charge in [-0.05, 0) is 75.0 Å². The number of nitrogens with one attached hydrogen (secondary N) is 1. The second-order valence-electron chi connectivity index (χ2n) is 9.15. The van der Waals surface area contributed by atoms with Gasteiger partial charge in [0, 0.05) is 12.5 Å². The monoisotopic (exact) mass is 374 g/mol. The molecule has 1 amide bonds. The maximum atomic E-state index is 12.6. The fourth-order valence-electron chi connectivity index (χ4n) is 6.61. The molecular formula is C20H30N4O3. The highest BCUT2D eigenvalue weighted by atomic mass is 16.6. The molecule has 0 saturated heterocycles. The van der Waals surface area contributed by atoms with Gasteiger partial charge in [0.1, 0.15) is 11.9 Å². The van der Waals surface area contributed by atoms with Crippen LogP contribution in [0.1, 0.15) is 64.0 Å². The predicted molar refractivity (Wildman–Crippen MR) is 101 cm³/mol. The topological polar surface area (TPSA) is 90.1 Å². The lowest BCUT2D eigenvalue weighted by Crippen LogP contribution is -2.56. The molecule has 1 heterocycles. The van der Waals surface area contributed by atoms with E-state index >= 15 is 0 Å². The number of carbonyl (C=O) groups is 1. The van der Waals surface area contributed by atoms with E-state index in [2.05, 4.69) is 17.3 Å². The van der Waals surface area contributed by atoms with Crippen LogP contribution in [0.5, 0.6) is 0 Å². The standard InChI is InChI=1S/C20H30N4O3/c1-3-18(20-9-14-6-15(10-20)8-16(7-14)11-20)22-19(25)4-5-23-13(2)17(12-21-23)24(26)27/h12,14-16,18H,3-11H2,1-2H3,(H,22,25)/t14?,15?,16?,18-,20?/m0/s1. The zero-order chi connectivity index (χ0) is 19.2. The summed E-state index contributed by atoms with van der Waals surface area (Å²) in [6, 6.07) is 0.256. The minimum Gasteiger partial charge on any atom is -0.353 e. The molecule has 7 heteroatoms. The molecule has 0 radical (unpaired) electrons. The van der Waals surface area contributed by atoms with Gasteiger partial charge in [-0.3, -0.25) is 19.6 Å². The third kappa shape index (κ3) is 3.36. The Balaban J connectivity index is 1.38. The largest absolute Gasteiger partial charge is 0.353 e. The normalized spacial score (nSPS) is 32.4. The number of nitrogens with zero attached hydrogens (tertiary/aromatic N) is 3. The molecule has 4 bridgehead atoms. The molecule has 0 aromatic carbocycles. The molecule has 1 aromatic heterocycles. The highest BCUT2D eigenvalue weighted by molar-refractivity contribution is 5.76. The summed E-state index contributed by atoms with van der Waals surface area (Å²) in [5.74, 6) is 2.65. The van der Waals surface area contributed by atoms with Crippen molar-refractivity contribution < 1.29 is 9.72 Å². The molecule has 148 valence electrons. The summed E-state index contributed by atoms with van der Waals surface area (Å²) < 4.78 is 1.56. The molecule has 0 aliphatic heterocycles. The maximum Gasteiger partial charge on any atom is 0.309 e. The third-order valence-corrected chi connectivity index (χ3v) is 7.39. The van der Waals surface area contributed by atoms with Crippen LogP contribution in [0.25, 0.3) is 0 Å². The van der Waals surface area contributed by atoms with Gasteiger partial charge in [0.2, 0.25) is 5.91 Å². The van der Waals surface area contributed by atoms with Gasteiger partial charge in [0.15, 0.2) is 0 Å². The van der Waals surface area contributed by atoms with Gasteiger partial charge in [0.25, 0.3) is 0 Å². The molecule has 7 nitrogen and oxygen atoms in total. The van der Waals surface area contributed by atoms with Gasteiger partial charge in [-0.15, -0.1) is 0 Å². The summed E-state index contributed by atoms with van der Waals surface area (Å²) in [5, 5.41) is 18.3. The summed E-state index contributed by atoms with van der Waals surface area (Å²) >= 11 is 0. The number of aryl methyl sites for hydroxylation is 1. The fraction of sp³-hybridized carbons (Fsp3) is 0.800. The Morgan fingerprint density at radius 3 is 2.41 bits per heavy atom. The first-order chi connectivity index (χ1) is 12.9. The molecule has 0 unspecified atom stereocenters. The molecule has 4 aliphatic carbocycles. The van der Waals surface area contributed by atoms with Crippen LogP contribution in [0, 0.1) is 40.2 Å². The lowest BCUT2D eigenvalue weighted by Gasteiger charge is -2.59. The van der Waals surface area contributed by atoms with Crippen molar-refractivity contribution >= 4 is 11.6 Å². The summed E-state index contributed by atoms with van der Waals surface area (Å²) in [6.45, 7) is 4.24. The Hall–Kier alpha value is -1.92. The number of hydrogen-bond acceptors (Lipinski definition) is 4. The number of aromatic nitrogens is 2.